The molecule has 3 aromatic rings. The van der Waals surface area contributed by atoms with Crippen molar-refractivity contribution in [3.05, 3.63) is 102 Å². The molecule has 2 aromatic carbocycles. The molecule has 0 bridgehead atoms. The highest BCUT2D eigenvalue weighted by Crippen LogP contribution is 2.13. The number of aromatic nitrogens is 1. The van der Waals surface area contributed by atoms with E-state index in [-0.39, 0.29) is 11.7 Å². The minimum absolute atomic E-state index is 0.0180. The van der Waals surface area contributed by atoms with E-state index in [1.165, 1.54) is 12.1 Å². The molecule has 0 saturated carbocycles. The zero-order valence-corrected chi connectivity index (χ0v) is 17.5. The molecule has 30 heavy (non-hydrogen) atoms. The zero-order chi connectivity index (χ0) is 21.2. The SMILES string of the molecule is CCCCCN(Cc1cccn1Cc1ccc(F)cc1)C(=O)C=Cc1ccccc1. The van der Waals surface area contributed by atoms with Crippen LogP contribution < -0.4 is 0 Å². The van der Waals surface area contributed by atoms with Gasteiger partial charge in [-0.1, -0.05) is 62.2 Å². The molecule has 0 N–H and O–H groups in total. The van der Waals surface area contributed by atoms with Gasteiger partial charge >= 0.3 is 0 Å². The lowest BCUT2D eigenvalue weighted by Crippen LogP contribution is -2.31. The lowest BCUT2D eigenvalue weighted by molar-refractivity contribution is -0.126. The third-order valence-electron chi connectivity index (χ3n) is 5.10. The summed E-state index contributed by atoms with van der Waals surface area (Å²) in [6.07, 6.45) is 8.74. The summed E-state index contributed by atoms with van der Waals surface area (Å²) in [4.78, 5) is 14.8. The molecule has 3 rings (SSSR count). The summed E-state index contributed by atoms with van der Waals surface area (Å²) < 4.78 is 15.3. The van der Waals surface area contributed by atoms with Crippen LogP contribution in [0, 0.1) is 5.82 Å². The smallest absolute Gasteiger partial charge is 0.246 e. The highest BCUT2D eigenvalue weighted by Gasteiger charge is 2.13. The van der Waals surface area contributed by atoms with E-state index in [9.17, 15) is 9.18 Å². The van der Waals surface area contributed by atoms with Crippen LogP contribution in [0.2, 0.25) is 0 Å². The fraction of sp³-hybridized carbons (Fsp3) is 0.269. The van der Waals surface area contributed by atoms with Crippen LogP contribution in [0.1, 0.15) is 43.0 Å². The van der Waals surface area contributed by atoms with Gasteiger partial charge in [0.2, 0.25) is 5.91 Å². The normalized spacial score (nSPS) is 11.1. The predicted molar refractivity (Wildman–Crippen MR) is 120 cm³/mol. The molecule has 0 atom stereocenters. The molecule has 0 saturated heterocycles. The largest absolute Gasteiger partial charge is 0.345 e. The Bertz CT molecular complexity index is 945. The standard InChI is InChI=1S/C26H29FN2O/c1-2-3-7-18-29(26(30)17-14-22-9-5-4-6-10-22)21-25-11-8-19-28(25)20-23-12-15-24(27)16-13-23/h4-6,8-17,19H,2-3,7,18,20-21H2,1H3. The van der Waals surface area contributed by atoms with E-state index in [2.05, 4.69) is 11.5 Å². The van der Waals surface area contributed by atoms with Crippen molar-refractivity contribution in [1.82, 2.24) is 9.47 Å². The summed E-state index contributed by atoms with van der Waals surface area (Å²) in [6, 6.07) is 20.5. The molecule has 0 aliphatic rings. The van der Waals surface area contributed by atoms with Crippen molar-refractivity contribution >= 4 is 12.0 Å². The maximum Gasteiger partial charge on any atom is 0.246 e. The van der Waals surface area contributed by atoms with Crippen LogP contribution in [0.3, 0.4) is 0 Å². The monoisotopic (exact) mass is 404 g/mol. The first-order chi connectivity index (χ1) is 14.7. The van der Waals surface area contributed by atoms with E-state index in [0.717, 1.165) is 42.6 Å². The number of carbonyl (C=O) groups excluding carboxylic acids is 1. The van der Waals surface area contributed by atoms with Gasteiger partial charge < -0.3 is 9.47 Å². The topological polar surface area (TPSA) is 25.2 Å². The molecular formula is C26H29FN2O. The van der Waals surface area contributed by atoms with Crippen molar-refractivity contribution in [3.8, 4) is 0 Å². The first-order valence-corrected chi connectivity index (χ1v) is 10.6. The Labute approximate surface area is 178 Å². The molecule has 0 radical (unpaired) electrons. The Morgan fingerprint density at radius 3 is 2.50 bits per heavy atom. The molecule has 0 aliphatic heterocycles. The minimum atomic E-state index is -0.232. The number of amides is 1. The molecule has 0 unspecified atom stereocenters. The molecule has 4 heteroatoms. The summed E-state index contributed by atoms with van der Waals surface area (Å²) in [5, 5.41) is 0. The van der Waals surface area contributed by atoms with Gasteiger partial charge in [0.05, 0.1) is 6.54 Å². The average molecular weight is 405 g/mol. The zero-order valence-electron chi connectivity index (χ0n) is 17.5. The summed E-state index contributed by atoms with van der Waals surface area (Å²) in [5.74, 6) is -0.214. The number of benzene rings is 2. The van der Waals surface area contributed by atoms with Crippen molar-refractivity contribution in [3.63, 3.8) is 0 Å². The highest BCUT2D eigenvalue weighted by atomic mass is 19.1. The number of hydrogen-bond donors (Lipinski definition) is 0. The lowest BCUT2D eigenvalue weighted by Gasteiger charge is -2.22. The van der Waals surface area contributed by atoms with Gasteiger partial charge in [-0.15, -0.1) is 0 Å². The third-order valence-corrected chi connectivity index (χ3v) is 5.10. The van der Waals surface area contributed by atoms with Crippen LogP contribution in [0.4, 0.5) is 4.39 Å². The molecular weight excluding hydrogens is 375 g/mol. The molecule has 1 aromatic heterocycles. The Hall–Kier alpha value is -3.14. The Morgan fingerprint density at radius 2 is 1.77 bits per heavy atom. The second-order valence-electron chi connectivity index (χ2n) is 7.46. The maximum atomic E-state index is 13.2. The Morgan fingerprint density at radius 1 is 1.00 bits per heavy atom. The fourth-order valence-corrected chi connectivity index (χ4v) is 3.39. The summed E-state index contributed by atoms with van der Waals surface area (Å²) in [7, 11) is 0. The van der Waals surface area contributed by atoms with E-state index in [1.807, 2.05) is 59.6 Å². The number of nitrogens with zero attached hydrogens (tertiary/aromatic N) is 2. The van der Waals surface area contributed by atoms with Gasteiger partial charge in [0, 0.05) is 31.1 Å². The molecule has 1 amide bonds. The van der Waals surface area contributed by atoms with E-state index < -0.39 is 0 Å². The van der Waals surface area contributed by atoms with Crippen molar-refractivity contribution < 1.29 is 9.18 Å². The molecule has 1 heterocycles. The second-order valence-corrected chi connectivity index (χ2v) is 7.46. The summed E-state index contributed by atoms with van der Waals surface area (Å²) in [5.41, 5.74) is 3.11. The van der Waals surface area contributed by atoms with E-state index in [4.69, 9.17) is 0 Å². The average Bonchev–Trinajstić information content (AvgIpc) is 3.20. The van der Waals surface area contributed by atoms with Gasteiger partial charge in [-0.25, -0.2) is 4.39 Å². The summed E-state index contributed by atoms with van der Waals surface area (Å²) in [6.45, 7) is 4.10. The van der Waals surface area contributed by atoms with Crippen molar-refractivity contribution in [1.29, 1.82) is 0 Å². The van der Waals surface area contributed by atoms with Gasteiger partial charge in [0.25, 0.3) is 0 Å². The van der Waals surface area contributed by atoms with Crippen LogP contribution in [0.15, 0.2) is 79.0 Å². The van der Waals surface area contributed by atoms with Gasteiger partial charge in [0.1, 0.15) is 5.82 Å². The second kappa shape index (κ2) is 11.1. The van der Waals surface area contributed by atoms with Gasteiger partial charge in [-0.2, -0.15) is 0 Å². The number of rotatable bonds is 10. The van der Waals surface area contributed by atoms with Crippen molar-refractivity contribution in [2.24, 2.45) is 0 Å². The predicted octanol–water partition coefficient (Wildman–Crippen LogP) is 5.91. The van der Waals surface area contributed by atoms with Crippen LogP contribution in [-0.4, -0.2) is 21.9 Å². The van der Waals surface area contributed by atoms with E-state index in [0.29, 0.717) is 13.1 Å². The summed E-state index contributed by atoms with van der Waals surface area (Å²) >= 11 is 0. The first-order valence-electron chi connectivity index (χ1n) is 10.6. The van der Waals surface area contributed by atoms with Crippen LogP contribution >= 0.6 is 0 Å². The molecule has 3 nitrogen and oxygen atoms in total. The Kier molecular flexibility index (Phi) is 8.02. The number of unbranched alkanes of at least 4 members (excludes halogenated alkanes) is 2. The van der Waals surface area contributed by atoms with Crippen LogP contribution in [0.25, 0.3) is 6.08 Å². The molecule has 156 valence electrons. The van der Waals surface area contributed by atoms with Crippen LogP contribution in [-0.2, 0) is 17.9 Å². The van der Waals surface area contributed by atoms with Crippen molar-refractivity contribution in [2.45, 2.75) is 39.3 Å². The van der Waals surface area contributed by atoms with Crippen molar-refractivity contribution in [2.75, 3.05) is 6.54 Å². The molecule has 0 aliphatic carbocycles. The number of hydrogen-bond acceptors (Lipinski definition) is 1. The lowest BCUT2D eigenvalue weighted by atomic mass is 10.2. The maximum absolute atomic E-state index is 13.2. The third kappa shape index (κ3) is 6.45. The number of halogens is 1. The molecule has 0 spiro atoms. The molecule has 0 fully saturated rings. The quantitative estimate of drug-likeness (QED) is 0.305. The van der Waals surface area contributed by atoms with Gasteiger partial charge in [-0.05, 0) is 47.9 Å². The van der Waals surface area contributed by atoms with Gasteiger partial charge in [-0.3, -0.25) is 4.79 Å². The van der Waals surface area contributed by atoms with Gasteiger partial charge in [0.15, 0.2) is 0 Å². The first kappa shape index (κ1) is 21.6. The minimum Gasteiger partial charge on any atom is -0.345 e. The van der Waals surface area contributed by atoms with Crippen LogP contribution in [0.5, 0.6) is 0 Å². The van der Waals surface area contributed by atoms with E-state index in [1.54, 1.807) is 18.2 Å². The Balaban J connectivity index is 1.71. The fourth-order valence-electron chi connectivity index (χ4n) is 3.39. The highest BCUT2D eigenvalue weighted by molar-refractivity contribution is 5.91. The van der Waals surface area contributed by atoms with E-state index >= 15 is 0 Å². The number of carbonyl (C=O) groups is 1.